The van der Waals surface area contributed by atoms with Gasteiger partial charge in [0.15, 0.2) is 5.15 Å². The van der Waals surface area contributed by atoms with Crippen molar-refractivity contribution < 1.29 is 17.0 Å². The summed E-state index contributed by atoms with van der Waals surface area (Å²) in [5, 5.41) is 0.193. The molecule has 3 aromatic rings. The highest BCUT2D eigenvalue weighted by molar-refractivity contribution is 7.87. The lowest BCUT2D eigenvalue weighted by molar-refractivity contribution is 0.482. The van der Waals surface area contributed by atoms with Crippen molar-refractivity contribution in [2.24, 2.45) is 7.05 Å². The first-order valence-electron chi connectivity index (χ1n) is 6.02. The van der Waals surface area contributed by atoms with Crippen molar-refractivity contribution in [3.05, 3.63) is 52.2 Å². The zero-order valence-corrected chi connectivity index (χ0v) is 12.8. The standard InChI is InChI=1S/C13H9ClN2O5S/c1-16-7-15-13(12(16)14)22(18,19)21-9-4-2-8-3-5-11(17)20-10(8)6-9/h2-7H,1H3. The van der Waals surface area contributed by atoms with E-state index in [1.807, 2.05) is 0 Å². The van der Waals surface area contributed by atoms with Crippen LogP contribution in [0.3, 0.4) is 0 Å². The third-order valence-corrected chi connectivity index (χ3v) is 4.61. The van der Waals surface area contributed by atoms with Gasteiger partial charge in [0.05, 0.1) is 6.33 Å². The Bertz CT molecular complexity index is 1020. The fourth-order valence-corrected chi connectivity index (χ4v) is 3.16. The molecule has 0 N–H and O–H groups in total. The lowest BCUT2D eigenvalue weighted by Gasteiger charge is -2.06. The molecule has 0 unspecified atom stereocenters. The van der Waals surface area contributed by atoms with Gasteiger partial charge in [-0.2, -0.15) is 8.42 Å². The predicted octanol–water partition coefficient (Wildman–Crippen LogP) is 1.95. The number of hydrogen-bond donors (Lipinski definition) is 0. The van der Waals surface area contributed by atoms with Crippen molar-refractivity contribution in [2.75, 3.05) is 0 Å². The topological polar surface area (TPSA) is 91.4 Å². The van der Waals surface area contributed by atoms with Crippen molar-refractivity contribution in [1.29, 1.82) is 0 Å². The van der Waals surface area contributed by atoms with Gasteiger partial charge >= 0.3 is 15.7 Å². The number of nitrogens with zero attached hydrogens (tertiary/aromatic N) is 2. The monoisotopic (exact) mass is 340 g/mol. The van der Waals surface area contributed by atoms with E-state index in [-0.39, 0.29) is 21.5 Å². The molecule has 0 bridgehead atoms. The lowest BCUT2D eigenvalue weighted by Crippen LogP contribution is -2.11. The first-order chi connectivity index (χ1) is 10.4. The van der Waals surface area contributed by atoms with Crippen molar-refractivity contribution >= 4 is 32.7 Å². The third kappa shape index (κ3) is 2.58. The number of imidazole rings is 1. The highest BCUT2D eigenvalue weighted by atomic mass is 35.5. The number of benzene rings is 1. The van der Waals surface area contributed by atoms with Crippen LogP contribution >= 0.6 is 11.6 Å². The Balaban J connectivity index is 2.02. The van der Waals surface area contributed by atoms with E-state index in [0.29, 0.717) is 5.39 Å². The van der Waals surface area contributed by atoms with Gasteiger partial charge < -0.3 is 13.2 Å². The van der Waals surface area contributed by atoms with Gasteiger partial charge in [0.2, 0.25) is 5.03 Å². The van der Waals surface area contributed by atoms with Gasteiger partial charge in [0, 0.05) is 24.6 Å². The van der Waals surface area contributed by atoms with Gasteiger partial charge in [-0.25, -0.2) is 9.78 Å². The molecule has 0 aliphatic rings. The van der Waals surface area contributed by atoms with Crippen LogP contribution in [0, 0.1) is 0 Å². The molecule has 2 aromatic heterocycles. The van der Waals surface area contributed by atoms with Crippen molar-refractivity contribution in [3.63, 3.8) is 0 Å². The Morgan fingerprint density at radius 3 is 2.68 bits per heavy atom. The molecule has 0 spiro atoms. The fraction of sp³-hybridized carbons (Fsp3) is 0.0769. The second kappa shape index (κ2) is 5.15. The molecule has 3 rings (SSSR count). The van der Waals surface area contributed by atoms with Gasteiger partial charge in [-0.05, 0) is 18.2 Å². The average molecular weight is 341 g/mol. The number of hydrogen-bond acceptors (Lipinski definition) is 6. The molecule has 2 heterocycles. The van der Waals surface area contributed by atoms with E-state index < -0.39 is 15.7 Å². The number of aromatic nitrogens is 2. The second-order valence-corrected chi connectivity index (χ2v) is 6.26. The van der Waals surface area contributed by atoms with Crippen molar-refractivity contribution in [1.82, 2.24) is 9.55 Å². The predicted molar refractivity (Wildman–Crippen MR) is 78.5 cm³/mol. The Morgan fingerprint density at radius 1 is 1.27 bits per heavy atom. The molecule has 0 saturated carbocycles. The molecule has 22 heavy (non-hydrogen) atoms. The Morgan fingerprint density at radius 2 is 2.00 bits per heavy atom. The zero-order valence-electron chi connectivity index (χ0n) is 11.2. The van der Waals surface area contributed by atoms with Crippen LogP contribution in [0.2, 0.25) is 5.15 Å². The van der Waals surface area contributed by atoms with E-state index >= 15 is 0 Å². The van der Waals surface area contributed by atoms with Crippen LogP contribution in [-0.4, -0.2) is 18.0 Å². The maximum atomic E-state index is 12.2. The summed E-state index contributed by atoms with van der Waals surface area (Å²) in [7, 11) is -2.63. The Labute approximate surface area is 129 Å². The highest BCUT2D eigenvalue weighted by Gasteiger charge is 2.24. The summed E-state index contributed by atoms with van der Waals surface area (Å²) in [6.07, 6.45) is 1.26. The molecule has 0 saturated heterocycles. The van der Waals surface area contributed by atoms with Crippen LogP contribution in [0.1, 0.15) is 0 Å². The summed E-state index contributed by atoms with van der Waals surface area (Å²) in [5.41, 5.74) is -0.326. The molecule has 114 valence electrons. The second-order valence-electron chi connectivity index (χ2n) is 4.44. The SMILES string of the molecule is Cn1cnc(S(=O)(=O)Oc2ccc3ccc(=O)oc3c2)c1Cl. The molecule has 0 amide bonds. The number of halogens is 1. The van der Waals surface area contributed by atoms with Crippen LogP contribution in [0.25, 0.3) is 11.0 Å². The van der Waals surface area contributed by atoms with Gasteiger partial charge in [-0.15, -0.1) is 0 Å². The van der Waals surface area contributed by atoms with Crippen LogP contribution in [-0.2, 0) is 17.2 Å². The minimum absolute atomic E-state index is 0.0106. The molecular formula is C13H9ClN2O5S. The maximum absolute atomic E-state index is 12.2. The van der Waals surface area contributed by atoms with E-state index in [2.05, 4.69) is 4.98 Å². The quantitative estimate of drug-likeness (QED) is 0.534. The zero-order chi connectivity index (χ0) is 15.9. The Hall–Kier alpha value is -2.32. The number of rotatable bonds is 3. The van der Waals surface area contributed by atoms with E-state index in [1.165, 1.54) is 29.1 Å². The highest BCUT2D eigenvalue weighted by Crippen LogP contribution is 2.25. The normalized spacial score (nSPS) is 11.7. The Kier molecular flexibility index (Phi) is 3.42. The van der Waals surface area contributed by atoms with Crippen LogP contribution in [0.4, 0.5) is 0 Å². The first-order valence-corrected chi connectivity index (χ1v) is 7.81. The number of aryl methyl sites for hydroxylation is 1. The first kappa shape index (κ1) is 14.6. The van der Waals surface area contributed by atoms with Crippen LogP contribution < -0.4 is 9.81 Å². The molecule has 9 heteroatoms. The summed E-state index contributed by atoms with van der Waals surface area (Å²) in [5.74, 6) is -0.0106. The average Bonchev–Trinajstić information content (AvgIpc) is 2.78. The van der Waals surface area contributed by atoms with Crippen molar-refractivity contribution in [2.45, 2.75) is 5.03 Å². The van der Waals surface area contributed by atoms with Gasteiger partial charge in [-0.3, -0.25) is 0 Å². The minimum Gasteiger partial charge on any atom is -0.423 e. The van der Waals surface area contributed by atoms with E-state index in [0.717, 1.165) is 0 Å². The molecule has 1 aromatic carbocycles. The largest absolute Gasteiger partial charge is 0.423 e. The van der Waals surface area contributed by atoms with Crippen LogP contribution in [0.5, 0.6) is 5.75 Å². The molecular weight excluding hydrogens is 332 g/mol. The minimum atomic E-state index is -4.19. The van der Waals surface area contributed by atoms with Gasteiger partial charge in [0.25, 0.3) is 0 Å². The molecule has 0 fully saturated rings. The molecule has 0 aliphatic carbocycles. The summed E-state index contributed by atoms with van der Waals surface area (Å²) >= 11 is 5.86. The maximum Gasteiger partial charge on any atom is 0.360 e. The van der Waals surface area contributed by atoms with Gasteiger partial charge in [-0.1, -0.05) is 11.6 Å². The van der Waals surface area contributed by atoms with Crippen molar-refractivity contribution in [3.8, 4) is 5.75 Å². The number of fused-ring (bicyclic) bond motifs is 1. The van der Waals surface area contributed by atoms with Gasteiger partial charge in [0.1, 0.15) is 11.3 Å². The lowest BCUT2D eigenvalue weighted by atomic mass is 10.2. The van der Waals surface area contributed by atoms with E-state index in [9.17, 15) is 13.2 Å². The molecule has 0 radical (unpaired) electrons. The van der Waals surface area contributed by atoms with Crippen LogP contribution in [0.15, 0.2) is 50.9 Å². The fourth-order valence-electron chi connectivity index (χ4n) is 1.82. The molecule has 0 atom stereocenters. The summed E-state index contributed by atoms with van der Waals surface area (Å²) < 4.78 is 35.6. The molecule has 0 aliphatic heterocycles. The molecule has 7 nitrogen and oxygen atoms in total. The summed E-state index contributed by atoms with van der Waals surface area (Å²) in [6.45, 7) is 0. The summed E-state index contributed by atoms with van der Waals surface area (Å²) in [4.78, 5) is 14.9. The third-order valence-electron chi connectivity index (χ3n) is 2.87. The van der Waals surface area contributed by atoms with E-state index in [1.54, 1.807) is 19.2 Å². The smallest absolute Gasteiger partial charge is 0.360 e. The van der Waals surface area contributed by atoms with E-state index in [4.69, 9.17) is 20.2 Å². The summed E-state index contributed by atoms with van der Waals surface area (Å²) in [6, 6.07) is 7.16.